The number of hydrogen-bond donors (Lipinski definition) is 1. The normalized spacial score (nSPS) is 16.0. The van der Waals surface area contributed by atoms with Gasteiger partial charge in [-0.2, -0.15) is 0 Å². The smallest absolute Gasteiger partial charge is 0.289 e. The van der Waals surface area contributed by atoms with Crippen LogP contribution >= 0.6 is 23.1 Å². The molecule has 1 saturated heterocycles. The fourth-order valence-corrected chi connectivity index (χ4v) is 5.68. The van der Waals surface area contributed by atoms with E-state index in [2.05, 4.69) is 21.4 Å². The van der Waals surface area contributed by atoms with Gasteiger partial charge < -0.3 is 14.6 Å². The van der Waals surface area contributed by atoms with Gasteiger partial charge in [-0.3, -0.25) is 9.59 Å². The Kier molecular flexibility index (Phi) is 6.15. The van der Waals surface area contributed by atoms with E-state index >= 15 is 0 Å². The number of thiazole rings is 1. The largest absolute Gasteiger partial charge is 0.436 e. The highest BCUT2D eigenvalue weighted by Crippen LogP contribution is 2.33. The summed E-state index contributed by atoms with van der Waals surface area (Å²) in [5, 5.41) is 3.58. The monoisotopic (exact) mass is 456 g/mol. The third kappa shape index (κ3) is 4.52. The number of carbonyl (C=O) groups excluding carboxylic acids is 2. The highest BCUT2D eigenvalue weighted by Gasteiger charge is 2.33. The van der Waals surface area contributed by atoms with E-state index in [1.165, 1.54) is 11.3 Å². The van der Waals surface area contributed by atoms with Crippen LogP contribution in [0.2, 0.25) is 0 Å². The van der Waals surface area contributed by atoms with Crippen molar-refractivity contribution >= 4 is 34.9 Å². The minimum Gasteiger partial charge on any atom is -0.436 e. The molecule has 2 amide bonds. The number of nitrogens with one attached hydrogen (secondary N) is 1. The highest BCUT2D eigenvalue weighted by molar-refractivity contribution is 8.00. The summed E-state index contributed by atoms with van der Waals surface area (Å²) in [5.74, 6) is 1.07. The van der Waals surface area contributed by atoms with Crippen molar-refractivity contribution in [1.29, 1.82) is 0 Å². The molecule has 0 aliphatic carbocycles. The molecule has 0 saturated carbocycles. The maximum absolute atomic E-state index is 13.4. The summed E-state index contributed by atoms with van der Waals surface area (Å²) >= 11 is 3.18. The molecule has 1 unspecified atom stereocenters. The summed E-state index contributed by atoms with van der Waals surface area (Å²) in [6.45, 7) is 8.35. The molecule has 7 nitrogen and oxygen atoms in total. The molecule has 0 bridgehead atoms. The molecule has 1 aliphatic rings. The summed E-state index contributed by atoms with van der Waals surface area (Å²) in [7, 11) is 0. The molecule has 1 aliphatic heterocycles. The molecular weight excluding hydrogens is 432 g/mol. The number of rotatable bonds is 5. The lowest BCUT2D eigenvalue weighted by Crippen LogP contribution is -2.42. The molecule has 2 aromatic heterocycles. The molecular formula is C22H24N4O3S2. The van der Waals surface area contributed by atoms with Crippen LogP contribution in [0.4, 0.5) is 0 Å². The fraction of sp³-hybridized carbons (Fsp3) is 0.364. The quantitative estimate of drug-likeness (QED) is 0.625. The number of carbonyl (C=O) groups is 2. The number of hydrogen-bond acceptors (Lipinski definition) is 7. The van der Waals surface area contributed by atoms with Gasteiger partial charge in [0.25, 0.3) is 11.8 Å². The summed E-state index contributed by atoms with van der Waals surface area (Å²) < 4.78 is 5.39. The Morgan fingerprint density at radius 1 is 1.23 bits per heavy atom. The van der Waals surface area contributed by atoms with Gasteiger partial charge in [0.2, 0.25) is 5.76 Å². The number of thioether (sulfide) groups is 1. The van der Waals surface area contributed by atoms with Crippen LogP contribution in [0.3, 0.4) is 0 Å². The zero-order valence-electron chi connectivity index (χ0n) is 17.9. The van der Waals surface area contributed by atoms with Crippen molar-refractivity contribution < 1.29 is 14.0 Å². The van der Waals surface area contributed by atoms with Crippen LogP contribution in [0.15, 0.2) is 28.7 Å². The second kappa shape index (κ2) is 8.84. The maximum Gasteiger partial charge on any atom is 0.289 e. The van der Waals surface area contributed by atoms with Gasteiger partial charge in [-0.05, 0) is 26.3 Å². The number of aryl methyl sites for hydroxylation is 4. The first-order valence-electron chi connectivity index (χ1n) is 10.0. The van der Waals surface area contributed by atoms with Crippen molar-refractivity contribution in [2.24, 2.45) is 0 Å². The first kappa shape index (κ1) is 21.6. The van der Waals surface area contributed by atoms with Crippen molar-refractivity contribution in [2.75, 3.05) is 18.8 Å². The van der Waals surface area contributed by atoms with Gasteiger partial charge in [-0.15, -0.1) is 23.1 Å². The molecule has 1 atom stereocenters. The van der Waals surface area contributed by atoms with E-state index in [4.69, 9.17) is 4.42 Å². The van der Waals surface area contributed by atoms with Gasteiger partial charge >= 0.3 is 0 Å². The zero-order valence-corrected chi connectivity index (χ0v) is 19.5. The standard InChI is InChI=1S/C22H24N4O3S2/c1-12-6-5-7-16(10-12)20-18(25-15(4)31-20)22(28)26-8-9-30-17(26)11-23-21(27)19-13(2)24-14(3)29-19/h5-7,10,17H,8-9,11H2,1-4H3,(H,23,27). The predicted molar refractivity (Wildman–Crippen MR) is 123 cm³/mol. The average Bonchev–Trinajstić information content (AvgIpc) is 3.44. The Hall–Kier alpha value is -2.65. The predicted octanol–water partition coefficient (Wildman–Crippen LogP) is 3.98. The zero-order chi connectivity index (χ0) is 22.1. The lowest BCUT2D eigenvalue weighted by molar-refractivity contribution is 0.0745. The molecule has 0 radical (unpaired) electrons. The van der Waals surface area contributed by atoms with Gasteiger partial charge in [-0.1, -0.05) is 29.8 Å². The number of nitrogens with zero attached hydrogens (tertiary/aromatic N) is 3. The number of aromatic nitrogens is 2. The molecule has 1 aromatic carbocycles. The van der Waals surface area contributed by atoms with Gasteiger partial charge in [-0.25, -0.2) is 9.97 Å². The van der Waals surface area contributed by atoms with Crippen LogP contribution in [-0.2, 0) is 0 Å². The Balaban J connectivity index is 1.51. The molecule has 0 spiro atoms. The maximum atomic E-state index is 13.4. The molecule has 1 fully saturated rings. The minimum absolute atomic E-state index is 0.100. The van der Waals surface area contributed by atoms with E-state index in [1.54, 1.807) is 30.5 Å². The topological polar surface area (TPSA) is 88.3 Å². The van der Waals surface area contributed by atoms with Crippen LogP contribution in [0.25, 0.3) is 10.4 Å². The number of oxazole rings is 1. The number of amides is 2. The highest BCUT2D eigenvalue weighted by atomic mass is 32.2. The molecule has 3 heterocycles. The van der Waals surface area contributed by atoms with Gasteiger partial charge in [0.1, 0.15) is 5.69 Å². The van der Waals surface area contributed by atoms with E-state index in [0.717, 1.165) is 26.8 Å². The molecule has 1 N–H and O–H groups in total. The van der Waals surface area contributed by atoms with E-state index in [1.807, 2.05) is 32.0 Å². The van der Waals surface area contributed by atoms with Crippen molar-refractivity contribution in [1.82, 2.24) is 20.2 Å². The molecule has 162 valence electrons. The lowest BCUT2D eigenvalue weighted by atomic mass is 10.1. The first-order valence-corrected chi connectivity index (χ1v) is 11.9. The van der Waals surface area contributed by atoms with Crippen LogP contribution in [0, 0.1) is 27.7 Å². The summed E-state index contributed by atoms with van der Waals surface area (Å²) in [5.41, 5.74) is 3.18. The van der Waals surface area contributed by atoms with Crippen molar-refractivity contribution in [3.05, 3.63) is 57.9 Å². The van der Waals surface area contributed by atoms with Gasteiger partial charge in [0, 0.05) is 25.8 Å². The second-order valence-electron chi connectivity index (χ2n) is 7.46. The lowest BCUT2D eigenvalue weighted by Gasteiger charge is -2.23. The number of benzene rings is 1. The van der Waals surface area contributed by atoms with Gasteiger partial charge in [0.05, 0.1) is 21.0 Å². The molecule has 3 aromatic rings. The Bertz CT molecular complexity index is 1140. The minimum atomic E-state index is -0.317. The summed E-state index contributed by atoms with van der Waals surface area (Å²) in [6, 6.07) is 8.11. The van der Waals surface area contributed by atoms with Crippen LogP contribution < -0.4 is 5.32 Å². The van der Waals surface area contributed by atoms with Crippen LogP contribution in [-0.4, -0.2) is 50.9 Å². The Labute approximate surface area is 189 Å². The summed E-state index contributed by atoms with van der Waals surface area (Å²) in [4.78, 5) is 37.3. The third-order valence-electron chi connectivity index (χ3n) is 5.01. The van der Waals surface area contributed by atoms with E-state index in [9.17, 15) is 9.59 Å². The Morgan fingerprint density at radius 2 is 2.03 bits per heavy atom. The first-order chi connectivity index (χ1) is 14.8. The van der Waals surface area contributed by atoms with E-state index in [-0.39, 0.29) is 22.9 Å². The van der Waals surface area contributed by atoms with Crippen molar-refractivity contribution in [2.45, 2.75) is 33.1 Å². The summed E-state index contributed by atoms with van der Waals surface area (Å²) in [6.07, 6.45) is 0. The van der Waals surface area contributed by atoms with E-state index < -0.39 is 0 Å². The average molecular weight is 457 g/mol. The van der Waals surface area contributed by atoms with Crippen LogP contribution in [0.1, 0.15) is 43.2 Å². The molecule has 31 heavy (non-hydrogen) atoms. The Morgan fingerprint density at radius 3 is 2.74 bits per heavy atom. The van der Waals surface area contributed by atoms with E-state index in [0.29, 0.717) is 30.4 Å². The van der Waals surface area contributed by atoms with Gasteiger partial charge in [0.15, 0.2) is 5.89 Å². The third-order valence-corrected chi connectivity index (χ3v) is 7.26. The SMILES string of the molecule is Cc1cccc(-c2sc(C)nc2C(=O)N2CCSC2CNC(=O)c2oc(C)nc2C)c1. The molecule has 9 heteroatoms. The molecule has 4 rings (SSSR count). The van der Waals surface area contributed by atoms with Crippen LogP contribution in [0.5, 0.6) is 0 Å². The second-order valence-corrected chi connectivity index (χ2v) is 9.95. The van der Waals surface area contributed by atoms with Crippen molar-refractivity contribution in [3.8, 4) is 10.4 Å². The van der Waals surface area contributed by atoms with Crippen molar-refractivity contribution in [3.63, 3.8) is 0 Å². The fourth-order valence-electron chi connectivity index (χ4n) is 3.61.